The molecule has 0 radical (unpaired) electrons. The van der Waals surface area contributed by atoms with Gasteiger partial charge in [0.25, 0.3) is 0 Å². The Morgan fingerprint density at radius 1 is 1.04 bits per heavy atom. The van der Waals surface area contributed by atoms with Crippen molar-refractivity contribution < 1.29 is 4.79 Å². The van der Waals surface area contributed by atoms with Crippen molar-refractivity contribution in [3.8, 4) is 0 Å². The number of thiophene rings is 1. The molecule has 3 nitrogen and oxygen atoms in total. The monoisotopic (exact) mass is 376 g/mol. The molecule has 0 bridgehead atoms. The van der Waals surface area contributed by atoms with Crippen LogP contribution in [0.5, 0.6) is 0 Å². The molecular weight excluding hydrogens is 352 g/mol. The second-order valence-electron chi connectivity index (χ2n) is 7.11. The van der Waals surface area contributed by atoms with E-state index < -0.39 is 0 Å². The molecule has 0 unspecified atom stereocenters. The molecule has 0 aliphatic heterocycles. The summed E-state index contributed by atoms with van der Waals surface area (Å²) in [5.41, 5.74) is 2.95. The van der Waals surface area contributed by atoms with Crippen molar-refractivity contribution in [3.05, 3.63) is 65.7 Å². The number of rotatable bonds is 3. The Hall–Kier alpha value is -2.46. The summed E-state index contributed by atoms with van der Waals surface area (Å²) in [4.78, 5) is 18.5. The number of nitrogens with zero attached hydrogens (tertiary/aromatic N) is 1. The zero-order valence-corrected chi connectivity index (χ0v) is 16.2. The van der Waals surface area contributed by atoms with Crippen molar-refractivity contribution >= 4 is 38.7 Å². The molecule has 1 fully saturated rings. The molecule has 0 aromatic carbocycles. The van der Waals surface area contributed by atoms with Gasteiger partial charge in [0, 0.05) is 16.9 Å². The highest BCUT2D eigenvalue weighted by Crippen LogP contribution is 2.35. The number of hydrogen-bond acceptors (Lipinski definition) is 3. The van der Waals surface area contributed by atoms with Crippen molar-refractivity contribution in [2.24, 2.45) is 5.92 Å². The van der Waals surface area contributed by atoms with Crippen molar-refractivity contribution in [1.82, 2.24) is 4.98 Å². The lowest BCUT2D eigenvalue weighted by atomic mass is 9.97. The number of nitrogens with one attached hydrogen (secondary N) is 1. The van der Waals surface area contributed by atoms with Gasteiger partial charge in [-0.1, -0.05) is 68.2 Å². The fourth-order valence-corrected chi connectivity index (χ4v) is 4.58. The van der Waals surface area contributed by atoms with Crippen LogP contribution < -0.4 is 5.32 Å². The lowest BCUT2D eigenvalue weighted by Crippen LogP contribution is -2.23. The Balaban J connectivity index is 1.71. The van der Waals surface area contributed by atoms with Gasteiger partial charge in [-0.3, -0.25) is 4.79 Å². The van der Waals surface area contributed by atoms with Crippen LogP contribution in [0.3, 0.4) is 0 Å². The number of amides is 1. The van der Waals surface area contributed by atoms with E-state index in [1.54, 1.807) is 11.3 Å². The number of allylic oxidation sites excluding steroid dienone is 8. The van der Waals surface area contributed by atoms with Crippen LogP contribution in [0.15, 0.2) is 60.2 Å². The number of pyridine rings is 1. The molecule has 27 heavy (non-hydrogen) atoms. The largest absolute Gasteiger partial charge is 0.324 e. The molecule has 1 amide bonds. The lowest BCUT2D eigenvalue weighted by molar-refractivity contribution is -0.120. The average Bonchev–Trinajstić information content (AvgIpc) is 2.95. The minimum Gasteiger partial charge on any atom is -0.324 e. The topological polar surface area (TPSA) is 42.0 Å². The van der Waals surface area contributed by atoms with E-state index in [0.29, 0.717) is 0 Å². The summed E-state index contributed by atoms with van der Waals surface area (Å²) in [6.07, 6.45) is 22.9. The number of anilines is 1. The van der Waals surface area contributed by atoms with E-state index in [9.17, 15) is 4.79 Å². The fraction of sp³-hybridized carbons (Fsp3) is 0.304. The van der Waals surface area contributed by atoms with Gasteiger partial charge in [0.05, 0.1) is 11.9 Å². The minimum atomic E-state index is 0.114. The molecule has 2 aliphatic rings. The Labute approximate surface area is 164 Å². The van der Waals surface area contributed by atoms with Gasteiger partial charge in [0.15, 0.2) is 0 Å². The SMILES string of the molecule is O=C(Nc1cnc2sccc2c1C1=C/C=C\C=C/C=C\1)C1CCCCCC1. The smallest absolute Gasteiger partial charge is 0.227 e. The molecular formula is C23H24N2OS. The summed E-state index contributed by atoms with van der Waals surface area (Å²) in [6, 6.07) is 2.09. The van der Waals surface area contributed by atoms with Crippen LogP contribution in [0, 0.1) is 5.92 Å². The fourth-order valence-electron chi connectivity index (χ4n) is 3.84. The third-order valence-corrected chi connectivity index (χ3v) is 6.08. The highest BCUT2D eigenvalue weighted by Gasteiger charge is 2.22. The average molecular weight is 377 g/mol. The van der Waals surface area contributed by atoms with Gasteiger partial charge in [-0.2, -0.15) is 0 Å². The second-order valence-corrected chi connectivity index (χ2v) is 8.01. The predicted molar refractivity (Wildman–Crippen MR) is 115 cm³/mol. The molecule has 0 saturated heterocycles. The van der Waals surface area contributed by atoms with E-state index in [2.05, 4.69) is 33.9 Å². The molecule has 2 aromatic heterocycles. The standard InChI is InChI=1S/C23H24N2OS/c26-22(18-12-8-4-5-9-13-18)25-20-16-24-23-19(14-15-27-23)21(20)17-10-6-2-1-3-7-11-17/h1-3,6-7,10-11,14-16,18H,4-5,8-9,12-13H2,(H,25,26)/b2-1-,3-1?,6-2?,7-3-,10-6-,11-7?,17-10?,17-11+. The van der Waals surface area contributed by atoms with E-state index in [4.69, 9.17) is 0 Å². The van der Waals surface area contributed by atoms with Crippen molar-refractivity contribution in [1.29, 1.82) is 0 Å². The highest BCUT2D eigenvalue weighted by molar-refractivity contribution is 7.16. The lowest BCUT2D eigenvalue weighted by Gasteiger charge is -2.17. The second kappa shape index (κ2) is 8.49. The van der Waals surface area contributed by atoms with Crippen LogP contribution in [0.4, 0.5) is 5.69 Å². The van der Waals surface area contributed by atoms with Crippen LogP contribution >= 0.6 is 11.3 Å². The summed E-state index contributed by atoms with van der Waals surface area (Å²) < 4.78 is 0. The maximum absolute atomic E-state index is 13.0. The maximum Gasteiger partial charge on any atom is 0.227 e. The van der Waals surface area contributed by atoms with Crippen molar-refractivity contribution in [2.45, 2.75) is 38.5 Å². The van der Waals surface area contributed by atoms with E-state index in [-0.39, 0.29) is 11.8 Å². The first-order valence-electron chi connectivity index (χ1n) is 9.72. The Kier molecular flexibility index (Phi) is 5.64. The Morgan fingerprint density at radius 2 is 1.81 bits per heavy atom. The molecule has 1 saturated carbocycles. The van der Waals surface area contributed by atoms with E-state index in [1.807, 2.05) is 36.6 Å². The predicted octanol–water partition coefficient (Wildman–Crippen LogP) is 6.27. The van der Waals surface area contributed by atoms with E-state index in [1.165, 1.54) is 12.8 Å². The van der Waals surface area contributed by atoms with Crippen LogP contribution in [-0.4, -0.2) is 10.9 Å². The van der Waals surface area contributed by atoms with E-state index >= 15 is 0 Å². The highest BCUT2D eigenvalue weighted by atomic mass is 32.1. The van der Waals surface area contributed by atoms with Crippen LogP contribution in [0.2, 0.25) is 0 Å². The van der Waals surface area contributed by atoms with Gasteiger partial charge in [-0.15, -0.1) is 11.3 Å². The summed E-state index contributed by atoms with van der Waals surface area (Å²) in [7, 11) is 0. The molecule has 2 heterocycles. The molecule has 0 spiro atoms. The zero-order chi connectivity index (χ0) is 18.5. The zero-order valence-electron chi connectivity index (χ0n) is 15.4. The van der Waals surface area contributed by atoms with Crippen LogP contribution in [0.25, 0.3) is 15.8 Å². The van der Waals surface area contributed by atoms with Gasteiger partial charge in [-0.25, -0.2) is 4.98 Å². The first-order chi connectivity index (χ1) is 13.3. The summed E-state index contributed by atoms with van der Waals surface area (Å²) >= 11 is 1.63. The van der Waals surface area contributed by atoms with Crippen LogP contribution in [0.1, 0.15) is 44.1 Å². The molecule has 0 atom stereocenters. The number of carbonyl (C=O) groups excluding carboxylic acids is 1. The third kappa shape index (κ3) is 4.11. The summed E-state index contributed by atoms with van der Waals surface area (Å²) in [5, 5.41) is 6.36. The molecule has 2 aromatic rings. The third-order valence-electron chi connectivity index (χ3n) is 5.26. The van der Waals surface area contributed by atoms with Crippen molar-refractivity contribution in [3.63, 3.8) is 0 Å². The van der Waals surface area contributed by atoms with Gasteiger partial charge in [0.1, 0.15) is 4.83 Å². The first kappa shape index (κ1) is 17.9. The molecule has 4 heteroatoms. The van der Waals surface area contributed by atoms with Crippen molar-refractivity contribution in [2.75, 3.05) is 5.32 Å². The molecule has 2 aliphatic carbocycles. The number of hydrogen-bond donors (Lipinski definition) is 1. The summed E-state index contributed by atoms with van der Waals surface area (Å²) in [6.45, 7) is 0. The number of carbonyl (C=O) groups is 1. The van der Waals surface area contributed by atoms with Gasteiger partial charge < -0.3 is 5.32 Å². The molecule has 4 rings (SSSR count). The van der Waals surface area contributed by atoms with Crippen LogP contribution in [-0.2, 0) is 4.79 Å². The molecule has 138 valence electrons. The summed E-state index contributed by atoms with van der Waals surface area (Å²) in [5.74, 6) is 0.253. The van der Waals surface area contributed by atoms with Gasteiger partial charge in [0.2, 0.25) is 5.91 Å². The van der Waals surface area contributed by atoms with E-state index in [0.717, 1.165) is 52.7 Å². The van der Waals surface area contributed by atoms with Gasteiger partial charge in [-0.05, 0) is 29.9 Å². The minimum absolute atomic E-state index is 0.114. The first-order valence-corrected chi connectivity index (χ1v) is 10.6. The quantitative estimate of drug-likeness (QED) is 0.641. The molecule has 1 N–H and O–H groups in total. The van der Waals surface area contributed by atoms with Gasteiger partial charge >= 0.3 is 0 Å². The Bertz CT molecular complexity index is 940. The number of aromatic nitrogens is 1. The maximum atomic E-state index is 13.0. The normalized spacial score (nSPS) is 23.5. The number of fused-ring (bicyclic) bond motifs is 1. The Morgan fingerprint density at radius 3 is 2.67 bits per heavy atom.